The molecule has 0 unspecified atom stereocenters. The number of nitrogens with zero attached hydrogens (tertiary/aromatic N) is 3. The smallest absolute Gasteiger partial charge is 0.111 e. The van der Waals surface area contributed by atoms with Crippen molar-refractivity contribution in [2.45, 2.75) is 38.3 Å². The molecule has 110 valence electrons. The van der Waals surface area contributed by atoms with Gasteiger partial charge in [0.05, 0.1) is 17.2 Å². The quantitative estimate of drug-likeness (QED) is 0.795. The van der Waals surface area contributed by atoms with Crippen LogP contribution in [0.1, 0.15) is 37.2 Å². The molecule has 1 aliphatic carbocycles. The lowest BCUT2D eigenvalue weighted by Gasteiger charge is -2.37. The van der Waals surface area contributed by atoms with Crippen molar-refractivity contribution in [3.63, 3.8) is 0 Å². The van der Waals surface area contributed by atoms with Crippen LogP contribution < -0.4 is 0 Å². The van der Waals surface area contributed by atoms with Gasteiger partial charge in [-0.1, -0.05) is 6.07 Å². The lowest BCUT2D eigenvalue weighted by atomic mass is 9.88. The highest BCUT2D eigenvalue weighted by Gasteiger charge is 2.33. The van der Waals surface area contributed by atoms with Gasteiger partial charge < -0.3 is 9.30 Å². The van der Waals surface area contributed by atoms with Crippen LogP contribution in [0.3, 0.4) is 0 Å². The monoisotopic (exact) mass is 303 g/mol. The molecule has 0 aliphatic heterocycles. The van der Waals surface area contributed by atoms with E-state index in [0.29, 0.717) is 23.6 Å². The molecule has 0 N–H and O–H groups in total. The van der Waals surface area contributed by atoms with E-state index in [1.807, 2.05) is 25.1 Å². The van der Waals surface area contributed by atoms with Gasteiger partial charge in [0.2, 0.25) is 0 Å². The van der Waals surface area contributed by atoms with Gasteiger partial charge in [-0.3, -0.25) is 0 Å². The van der Waals surface area contributed by atoms with Gasteiger partial charge >= 0.3 is 0 Å². The predicted octanol–water partition coefficient (Wildman–Crippen LogP) is 3.43. The zero-order chi connectivity index (χ0) is 14.8. The number of para-hydroxylation sites is 1. The van der Waals surface area contributed by atoms with E-state index in [4.69, 9.17) is 16.3 Å². The van der Waals surface area contributed by atoms with E-state index in [1.165, 1.54) is 0 Å². The second-order valence-corrected chi connectivity index (χ2v) is 5.70. The molecule has 0 bridgehead atoms. The highest BCUT2D eigenvalue weighted by atomic mass is 35.5. The summed E-state index contributed by atoms with van der Waals surface area (Å²) in [5.41, 5.74) is 2.46. The number of benzene rings is 1. The van der Waals surface area contributed by atoms with Gasteiger partial charge in [0.15, 0.2) is 0 Å². The number of hydrogen-bond acceptors (Lipinski definition) is 3. The number of fused-ring (bicyclic) bond motifs is 1. The molecule has 0 atom stereocenters. The van der Waals surface area contributed by atoms with Crippen LogP contribution in [0.25, 0.3) is 11.0 Å². The van der Waals surface area contributed by atoms with Crippen molar-refractivity contribution in [2.24, 2.45) is 0 Å². The second-order valence-electron chi connectivity index (χ2n) is 5.32. The van der Waals surface area contributed by atoms with Gasteiger partial charge in [-0.15, -0.1) is 11.6 Å². The summed E-state index contributed by atoms with van der Waals surface area (Å²) in [6.45, 7) is 2.78. The van der Waals surface area contributed by atoms with Crippen molar-refractivity contribution in [3.8, 4) is 6.07 Å². The summed E-state index contributed by atoms with van der Waals surface area (Å²) in [6.07, 6.45) is 3.08. The average Bonchev–Trinajstić information content (AvgIpc) is 2.80. The van der Waals surface area contributed by atoms with Crippen LogP contribution in [0.5, 0.6) is 0 Å². The van der Waals surface area contributed by atoms with Crippen LogP contribution in [-0.4, -0.2) is 28.1 Å². The molecule has 5 heteroatoms. The number of imidazole rings is 1. The fourth-order valence-corrected chi connectivity index (χ4v) is 3.21. The molecule has 1 aromatic carbocycles. The first-order valence-electron chi connectivity index (χ1n) is 7.36. The third-order valence-corrected chi connectivity index (χ3v) is 4.26. The standard InChI is InChI=1S/C16H18ClN3O/c1-2-21-13-8-12(9-13)20-14-5-3-4-11(10-18)16(14)19-15(20)6-7-17/h3-5,12-13H,2,6-9H2,1H3. The van der Waals surface area contributed by atoms with E-state index in [0.717, 1.165) is 42.7 Å². The Balaban J connectivity index is 2.00. The molecule has 0 saturated heterocycles. The lowest BCUT2D eigenvalue weighted by Crippen LogP contribution is -2.34. The molecule has 0 spiro atoms. The second kappa shape index (κ2) is 6.05. The van der Waals surface area contributed by atoms with E-state index in [2.05, 4.69) is 15.6 Å². The Morgan fingerprint density at radius 3 is 2.95 bits per heavy atom. The number of halogens is 1. The molecule has 4 nitrogen and oxygen atoms in total. The van der Waals surface area contributed by atoms with Crippen molar-refractivity contribution in [3.05, 3.63) is 29.6 Å². The molecule has 21 heavy (non-hydrogen) atoms. The third-order valence-electron chi connectivity index (χ3n) is 4.07. The lowest BCUT2D eigenvalue weighted by molar-refractivity contribution is -0.0192. The molecular formula is C16H18ClN3O. The summed E-state index contributed by atoms with van der Waals surface area (Å²) in [5.74, 6) is 1.51. The van der Waals surface area contributed by atoms with E-state index in [-0.39, 0.29) is 0 Å². The molecule has 1 aliphatic rings. The van der Waals surface area contributed by atoms with E-state index in [9.17, 15) is 5.26 Å². The number of aromatic nitrogens is 2. The Labute approximate surface area is 129 Å². The Morgan fingerprint density at radius 1 is 1.48 bits per heavy atom. The molecule has 1 saturated carbocycles. The molecule has 0 amide bonds. The number of nitriles is 1. The number of alkyl halides is 1. The molecular weight excluding hydrogens is 286 g/mol. The van der Waals surface area contributed by atoms with Gasteiger partial charge in [-0.25, -0.2) is 4.98 Å². The molecule has 2 aromatic rings. The van der Waals surface area contributed by atoms with Gasteiger partial charge in [0.1, 0.15) is 17.4 Å². The maximum Gasteiger partial charge on any atom is 0.111 e. The van der Waals surface area contributed by atoms with Gasteiger partial charge in [0, 0.05) is 24.9 Å². The summed E-state index contributed by atoms with van der Waals surface area (Å²) >= 11 is 5.91. The first-order chi connectivity index (χ1) is 10.3. The average molecular weight is 304 g/mol. The minimum Gasteiger partial charge on any atom is -0.378 e. The number of hydrogen-bond donors (Lipinski definition) is 0. The highest BCUT2D eigenvalue weighted by molar-refractivity contribution is 6.17. The maximum atomic E-state index is 9.24. The van der Waals surface area contributed by atoms with E-state index < -0.39 is 0 Å². The third kappa shape index (κ3) is 2.52. The van der Waals surface area contributed by atoms with Crippen LogP contribution in [0.15, 0.2) is 18.2 Å². The normalized spacial score (nSPS) is 21.2. The Morgan fingerprint density at radius 2 is 2.29 bits per heavy atom. The van der Waals surface area contributed by atoms with Crippen LogP contribution in [-0.2, 0) is 11.2 Å². The molecule has 3 rings (SSSR count). The van der Waals surface area contributed by atoms with Crippen molar-refractivity contribution in [1.29, 1.82) is 5.26 Å². The van der Waals surface area contributed by atoms with Gasteiger partial charge in [0.25, 0.3) is 0 Å². The van der Waals surface area contributed by atoms with E-state index >= 15 is 0 Å². The zero-order valence-electron chi connectivity index (χ0n) is 12.1. The summed E-state index contributed by atoms with van der Waals surface area (Å²) in [4.78, 5) is 4.66. The fraction of sp³-hybridized carbons (Fsp3) is 0.500. The Kier molecular flexibility index (Phi) is 4.14. The van der Waals surface area contributed by atoms with Gasteiger partial charge in [-0.05, 0) is 31.9 Å². The van der Waals surface area contributed by atoms with Crippen LogP contribution in [0.2, 0.25) is 0 Å². The first kappa shape index (κ1) is 14.4. The molecule has 1 aromatic heterocycles. The Bertz CT molecular complexity index is 683. The number of ether oxygens (including phenoxy) is 1. The Hall–Kier alpha value is -1.57. The summed E-state index contributed by atoms with van der Waals surface area (Å²) in [6, 6.07) is 8.39. The van der Waals surface area contributed by atoms with Gasteiger partial charge in [-0.2, -0.15) is 5.26 Å². The first-order valence-corrected chi connectivity index (χ1v) is 7.89. The van der Waals surface area contributed by atoms with Crippen molar-refractivity contribution in [2.75, 3.05) is 12.5 Å². The van der Waals surface area contributed by atoms with Crippen molar-refractivity contribution >= 4 is 22.6 Å². The topological polar surface area (TPSA) is 50.8 Å². The predicted molar refractivity (Wildman–Crippen MR) is 82.6 cm³/mol. The molecule has 1 fully saturated rings. The van der Waals surface area contributed by atoms with Crippen LogP contribution in [0.4, 0.5) is 0 Å². The van der Waals surface area contributed by atoms with Crippen LogP contribution in [0, 0.1) is 11.3 Å². The largest absolute Gasteiger partial charge is 0.378 e. The van der Waals surface area contributed by atoms with Crippen molar-refractivity contribution in [1.82, 2.24) is 9.55 Å². The minimum absolute atomic E-state index is 0.348. The summed E-state index contributed by atoms with van der Waals surface area (Å²) in [5, 5.41) is 9.24. The summed E-state index contributed by atoms with van der Waals surface area (Å²) < 4.78 is 7.91. The zero-order valence-corrected chi connectivity index (χ0v) is 12.8. The minimum atomic E-state index is 0.348. The van der Waals surface area contributed by atoms with Crippen LogP contribution >= 0.6 is 11.6 Å². The van der Waals surface area contributed by atoms with E-state index in [1.54, 1.807) is 0 Å². The number of rotatable bonds is 5. The summed E-state index contributed by atoms with van der Waals surface area (Å²) in [7, 11) is 0. The SMILES string of the molecule is CCOC1CC(n2c(CCCl)nc3c(C#N)cccc32)C1. The highest BCUT2D eigenvalue weighted by Crippen LogP contribution is 2.38. The fourth-order valence-electron chi connectivity index (χ4n) is 3.04. The number of aryl methyl sites for hydroxylation is 1. The molecule has 1 heterocycles. The maximum absolute atomic E-state index is 9.24. The molecule has 0 radical (unpaired) electrons. The van der Waals surface area contributed by atoms with Crippen molar-refractivity contribution < 1.29 is 4.74 Å².